The topological polar surface area (TPSA) is 49.0 Å². The first-order chi connectivity index (χ1) is 6.33. The van der Waals surface area contributed by atoms with Crippen molar-refractivity contribution in [3.05, 3.63) is 24.0 Å². The lowest BCUT2D eigenvalue weighted by Gasteiger charge is -2.17. The fourth-order valence-corrected chi connectivity index (χ4v) is 2.02. The Kier molecular flexibility index (Phi) is 2.07. The molecule has 1 aliphatic carbocycles. The summed E-state index contributed by atoms with van der Waals surface area (Å²) < 4.78 is 1.89. The molecule has 0 saturated heterocycles. The van der Waals surface area contributed by atoms with Crippen LogP contribution in [0.1, 0.15) is 31.0 Å². The second-order valence-electron chi connectivity index (χ2n) is 3.48. The van der Waals surface area contributed by atoms with Crippen LogP contribution in [0.2, 0.25) is 0 Å². The van der Waals surface area contributed by atoms with E-state index in [1.807, 2.05) is 16.8 Å². The average molecular weight is 176 g/mol. The third kappa shape index (κ3) is 1.34. The van der Waals surface area contributed by atoms with Gasteiger partial charge in [0, 0.05) is 6.20 Å². The number of aliphatic hydroxyl groups excluding tert-OH is 1. The summed E-state index contributed by atoms with van der Waals surface area (Å²) in [5.74, 6) is 0. The molecule has 0 aliphatic heterocycles. The SMILES string of the molecule is N#Cc1cccn1C1CCCC1O. The summed E-state index contributed by atoms with van der Waals surface area (Å²) in [7, 11) is 0. The summed E-state index contributed by atoms with van der Waals surface area (Å²) >= 11 is 0. The van der Waals surface area contributed by atoms with E-state index in [1.165, 1.54) is 0 Å². The molecule has 0 amide bonds. The second kappa shape index (κ2) is 3.23. The van der Waals surface area contributed by atoms with Crippen molar-refractivity contribution in [3.63, 3.8) is 0 Å². The Morgan fingerprint density at radius 2 is 2.38 bits per heavy atom. The van der Waals surface area contributed by atoms with Crippen LogP contribution in [0.15, 0.2) is 18.3 Å². The predicted molar refractivity (Wildman–Crippen MR) is 48.0 cm³/mol. The minimum Gasteiger partial charge on any atom is -0.391 e. The number of rotatable bonds is 1. The molecule has 2 atom stereocenters. The standard InChI is InChI=1S/C10H12N2O/c11-7-8-3-2-6-12(8)9-4-1-5-10(9)13/h2-3,6,9-10,13H,1,4-5H2. The lowest BCUT2D eigenvalue weighted by molar-refractivity contribution is 0.136. The molecule has 1 aromatic heterocycles. The van der Waals surface area contributed by atoms with Crippen LogP contribution >= 0.6 is 0 Å². The van der Waals surface area contributed by atoms with Crippen LogP contribution in [0.5, 0.6) is 0 Å². The molecule has 1 aromatic rings. The third-order valence-electron chi connectivity index (χ3n) is 2.69. The van der Waals surface area contributed by atoms with Crippen LogP contribution in [-0.2, 0) is 0 Å². The lowest BCUT2D eigenvalue weighted by atomic mass is 10.2. The van der Waals surface area contributed by atoms with Crippen molar-refractivity contribution >= 4 is 0 Å². The highest BCUT2D eigenvalue weighted by molar-refractivity contribution is 5.23. The van der Waals surface area contributed by atoms with Gasteiger partial charge in [-0.2, -0.15) is 5.26 Å². The van der Waals surface area contributed by atoms with Crippen LogP contribution in [0.25, 0.3) is 0 Å². The summed E-state index contributed by atoms with van der Waals surface area (Å²) in [4.78, 5) is 0. The summed E-state index contributed by atoms with van der Waals surface area (Å²) in [6.07, 6.45) is 4.48. The van der Waals surface area contributed by atoms with Crippen LogP contribution in [0.3, 0.4) is 0 Å². The van der Waals surface area contributed by atoms with Gasteiger partial charge in [0.2, 0.25) is 0 Å². The highest BCUT2D eigenvalue weighted by Gasteiger charge is 2.27. The maximum absolute atomic E-state index is 9.65. The molecule has 3 nitrogen and oxygen atoms in total. The Hall–Kier alpha value is -1.27. The molecule has 2 unspecified atom stereocenters. The van der Waals surface area contributed by atoms with Gasteiger partial charge in [0.05, 0.1) is 12.1 Å². The molecule has 13 heavy (non-hydrogen) atoms. The minimum atomic E-state index is -0.278. The zero-order chi connectivity index (χ0) is 9.26. The Morgan fingerprint density at radius 1 is 1.54 bits per heavy atom. The highest BCUT2D eigenvalue weighted by atomic mass is 16.3. The molecule has 1 saturated carbocycles. The van der Waals surface area contributed by atoms with Crippen molar-refractivity contribution < 1.29 is 5.11 Å². The Morgan fingerprint density at radius 3 is 3.00 bits per heavy atom. The van der Waals surface area contributed by atoms with Gasteiger partial charge in [-0.05, 0) is 31.4 Å². The van der Waals surface area contributed by atoms with Crippen molar-refractivity contribution in [2.45, 2.75) is 31.4 Å². The van der Waals surface area contributed by atoms with Gasteiger partial charge in [-0.25, -0.2) is 0 Å². The van der Waals surface area contributed by atoms with E-state index in [1.54, 1.807) is 6.07 Å². The van der Waals surface area contributed by atoms with E-state index in [4.69, 9.17) is 5.26 Å². The van der Waals surface area contributed by atoms with Crippen molar-refractivity contribution in [2.24, 2.45) is 0 Å². The molecular formula is C10H12N2O. The van der Waals surface area contributed by atoms with E-state index < -0.39 is 0 Å². The number of aromatic nitrogens is 1. The summed E-state index contributed by atoms with van der Waals surface area (Å²) in [5.41, 5.74) is 0.644. The largest absolute Gasteiger partial charge is 0.391 e. The fraction of sp³-hybridized carbons (Fsp3) is 0.500. The van der Waals surface area contributed by atoms with Crippen molar-refractivity contribution in [1.82, 2.24) is 4.57 Å². The van der Waals surface area contributed by atoms with Crippen LogP contribution in [0, 0.1) is 11.3 Å². The van der Waals surface area contributed by atoms with Gasteiger partial charge >= 0.3 is 0 Å². The number of hydrogen-bond acceptors (Lipinski definition) is 2. The molecule has 0 aromatic carbocycles. The molecule has 0 radical (unpaired) electrons. The van der Waals surface area contributed by atoms with E-state index >= 15 is 0 Å². The molecule has 1 aliphatic rings. The quantitative estimate of drug-likeness (QED) is 0.704. The van der Waals surface area contributed by atoms with Crippen molar-refractivity contribution in [2.75, 3.05) is 0 Å². The monoisotopic (exact) mass is 176 g/mol. The molecule has 1 heterocycles. The fourth-order valence-electron chi connectivity index (χ4n) is 2.02. The molecule has 3 heteroatoms. The van der Waals surface area contributed by atoms with Crippen molar-refractivity contribution in [1.29, 1.82) is 5.26 Å². The third-order valence-corrected chi connectivity index (χ3v) is 2.69. The van der Waals surface area contributed by atoms with Gasteiger partial charge in [0.25, 0.3) is 0 Å². The molecule has 1 N–H and O–H groups in total. The van der Waals surface area contributed by atoms with Crippen molar-refractivity contribution in [3.8, 4) is 6.07 Å². The Labute approximate surface area is 77.2 Å². The van der Waals surface area contributed by atoms with E-state index in [0.29, 0.717) is 5.69 Å². The first kappa shape index (κ1) is 8.33. The summed E-state index contributed by atoms with van der Waals surface area (Å²) in [5, 5.41) is 18.5. The van der Waals surface area contributed by atoms with Gasteiger partial charge in [0.1, 0.15) is 11.8 Å². The zero-order valence-corrected chi connectivity index (χ0v) is 7.35. The highest BCUT2D eigenvalue weighted by Crippen LogP contribution is 2.30. The number of nitrogens with zero attached hydrogens (tertiary/aromatic N) is 2. The molecule has 68 valence electrons. The Balaban J connectivity index is 2.30. The molecule has 2 rings (SSSR count). The van der Waals surface area contributed by atoms with Crippen LogP contribution < -0.4 is 0 Å². The number of aliphatic hydroxyl groups is 1. The smallest absolute Gasteiger partial charge is 0.120 e. The normalized spacial score (nSPS) is 27.4. The first-order valence-corrected chi connectivity index (χ1v) is 4.58. The number of hydrogen-bond donors (Lipinski definition) is 1. The molecule has 0 bridgehead atoms. The maximum Gasteiger partial charge on any atom is 0.120 e. The van der Waals surface area contributed by atoms with E-state index in [2.05, 4.69) is 6.07 Å². The van der Waals surface area contributed by atoms with Gasteiger partial charge in [-0.1, -0.05) is 0 Å². The van der Waals surface area contributed by atoms with E-state index in [-0.39, 0.29) is 12.1 Å². The van der Waals surface area contributed by atoms with Crippen LogP contribution in [0.4, 0.5) is 0 Å². The summed E-state index contributed by atoms with van der Waals surface area (Å²) in [6, 6.07) is 5.87. The average Bonchev–Trinajstić information content (AvgIpc) is 2.71. The van der Waals surface area contributed by atoms with Gasteiger partial charge < -0.3 is 9.67 Å². The van der Waals surface area contributed by atoms with Gasteiger partial charge in [0.15, 0.2) is 0 Å². The molecule has 0 spiro atoms. The number of nitriles is 1. The zero-order valence-electron chi connectivity index (χ0n) is 7.35. The lowest BCUT2D eigenvalue weighted by Crippen LogP contribution is -2.18. The second-order valence-corrected chi connectivity index (χ2v) is 3.48. The van der Waals surface area contributed by atoms with Gasteiger partial charge in [-0.15, -0.1) is 0 Å². The minimum absolute atomic E-state index is 0.115. The molecule has 1 fully saturated rings. The predicted octanol–water partition coefficient (Wildman–Crippen LogP) is 1.45. The van der Waals surface area contributed by atoms with E-state index in [9.17, 15) is 5.11 Å². The maximum atomic E-state index is 9.65. The Bertz CT molecular complexity index is 337. The summed E-state index contributed by atoms with van der Waals surface area (Å²) in [6.45, 7) is 0. The molecular weight excluding hydrogens is 164 g/mol. The first-order valence-electron chi connectivity index (χ1n) is 4.58. The van der Waals surface area contributed by atoms with E-state index in [0.717, 1.165) is 19.3 Å². The van der Waals surface area contributed by atoms with Gasteiger partial charge in [-0.3, -0.25) is 0 Å². The van der Waals surface area contributed by atoms with Crippen LogP contribution in [-0.4, -0.2) is 15.8 Å².